The van der Waals surface area contributed by atoms with Gasteiger partial charge in [0.15, 0.2) is 5.75 Å². The maximum absolute atomic E-state index is 11.9. The third-order valence-electron chi connectivity index (χ3n) is 2.92. The van der Waals surface area contributed by atoms with Gasteiger partial charge in [0.05, 0.1) is 24.3 Å². The number of aromatic amines is 1. The second kappa shape index (κ2) is 6.70. The van der Waals surface area contributed by atoms with Crippen LogP contribution in [-0.4, -0.2) is 21.1 Å². The number of nitrogens with one attached hydrogen (secondary N) is 1. The van der Waals surface area contributed by atoms with Crippen molar-refractivity contribution in [1.29, 1.82) is 0 Å². The van der Waals surface area contributed by atoms with Gasteiger partial charge < -0.3 is 14.3 Å². The molecule has 1 N–H and O–H groups in total. The maximum atomic E-state index is 11.9. The Bertz CT molecular complexity index is 794. The smallest absolute Gasteiger partial charge is 0.285 e. The molecule has 0 aliphatic heterocycles. The average Bonchev–Trinajstić information content (AvgIpc) is 2.48. The Morgan fingerprint density at radius 3 is 2.77 bits per heavy atom. The number of rotatable bonds is 6. The Hall–Kier alpha value is -2.90. The lowest BCUT2D eigenvalue weighted by Gasteiger charge is -2.07. The third-order valence-corrected chi connectivity index (χ3v) is 2.92. The van der Waals surface area contributed by atoms with Gasteiger partial charge in [0.2, 0.25) is 5.43 Å². The molecule has 0 saturated heterocycles. The van der Waals surface area contributed by atoms with E-state index in [2.05, 4.69) is 4.98 Å². The number of nitrogens with zero attached hydrogens (tertiary/aromatic N) is 2. The molecule has 0 aliphatic carbocycles. The highest BCUT2D eigenvalue weighted by Gasteiger charge is 2.09. The van der Waals surface area contributed by atoms with E-state index in [1.165, 1.54) is 12.3 Å². The molecule has 0 bridgehead atoms. The van der Waals surface area contributed by atoms with Crippen molar-refractivity contribution in [1.82, 2.24) is 9.55 Å². The van der Waals surface area contributed by atoms with Crippen LogP contribution >= 0.6 is 0 Å². The van der Waals surface area contributed by atoms with Gasteiger partial charge in [-0.05, 0) is 6.42 Å². The van der Waals surface area contributed by atoms with Crippen LogP contribution in [0, 0.1) is 10.1 Å². The van der Waals surface area contributed by atoms with Gasteiger partial charge in [0.25, 0.3) is 11.2 Å². The summed E-state index contributed by atoms with van der Waals surface area (Å²) in [5.74, 6) is 0.206. The van der Waals surface area contributed by atoms with Gasteiger partial charge in [-0.3, -0.25) is 19.7 Å². The number of ether oxygens (including phenoxy) is 1. The van der Waals surface area contributed by atoms with E-state index in [4.69, 9.17) is 4.74 Å². The molecule has 0 radical (unpaired) electrons. The number of H-pyrrole nitrogens is 1. The number of nitro groups is 1. The van der Waals surface area contributed by atoms with Crippen molar-refractivity contribution in [3.63, 3.8) is 0 Å². The van der Waals surface area contributed by atoms with Crippen LogP contribution in [0.1, 0.15) is 19.0 Å². The van der Waals surface area contributed by atoms with Gasteiger partial charge in [-0.15, -0.1) is 0 Å². The molecule has 0 amide bonds. The standard InChI is InChI=1S/C14H15N3O5/c1-2-5-22-13-7-15-10(6-12(13)18)8-16-9-11(17(20)21)3-4-14(16)19/h3-4,6-7,9H,2,5,8H2,1H3,(H,15,18). The molecule has 22 heavy (non-hydrogen) atoms. The van der Waals surface area contributed by atoms with Crippen LogP contribution in [0.2, 0.25) is 0 Å². The van der Waals surface area contributed by atoms with Crippen molar-refractivity contribution in [2.75, 3.05) is 6.61 Å². The SMILES string of the molecule is CCCOc1c[nH]c(Cn2cc([N+](=O)[O-])ccc2=O)cc1=O. The number of hydrogen-bond donors (Lipinski definition) is 1. The molecule has 0 unspecified atom stereocenters. The minimum Gasteiger partial charge on any atom is -0.488 e. The Balaban J connectivity index is 2.26. The number of hydrogen-bond acceptors (Lipinski definition) is 5. The van der Waals surface area contributed by atoms with Gasteiger partial charge in [0, 0.05) is 30.1 Å². The zero-order valence-corrected chi connectivity index (χ0v) is 11.9. The zero-order chi connectivity index (χ0) is 16.1. The lowest BCUT2D eigenvalue weighted by molar-refractivity contribution is -0.385. The van der Waals surface area contributed by atoms with E-state index in [9.17, 15) is 19.7 Å². The van der Waals surface area contributed by atoms with E-state index in [0.717, 1.165) is 29.3 Å². The molecule has 0 atom stereocenters. The molecule has 2 aromatic rings. The fourth-order valence-electron chi connectivity index (χ4n) is 1.85. The molecule has 8 nitrogen and oxygen atoms in total. The van der Waals surface area contributed by atoms with Crippen LogP contribution in [0.4, 0.5) is 5.69 Å². The van der Waals surface area contributed by atoms with Gasteiger partial charge in [0.1, 0.15) is 0 Å². The zero-order valence-electron chi connectivity index (χ0n) is 11.9. The second-order valence-electron chi connectivity index (χ2n) is 4.65. The summed E-state index contributed by atoms with van der Waals surface area (Å²) < 4.78 is 6.43. The Labute approximate surface area is 125 Å². The van der Waals surface area contributed by atoms with E-state index >= 15 is 0 Å². The summed E-state index contributed by atoms with van der Waals surface area (Å²) in [4.78, 5) is 36.6. The molecule has 8 heteroatoms. The summed E-state index contributed by atoms with van der Waals surface area (Å²) in [6.07, 6.45) is 3.35. The largest absolute Gasteiger partial charge is 0.488 e. The summed E-state index contributed by atoms with van der Waals surface area (Å²) in [6, 6.07) is 3.58. The Morgan fingerprint density at radius 1 is 1.36 bits per heavy atom. The van der Waals surface area contributed by atoms with Crippen molar-refractivity contribution >= 4 is 5.69 Å². The predicted molar refractivity (Wildman–Crippen MR) is 79.3 cm³/mol. The van der Waals surface area contributed by atoms with Crippen molar-refractivity contribution in [2.24, 2.45) is 0 Å². The molecule has 2 aromatic heterocycles. The van der Waals surface area contributed by atoms with Crippen LogP contribution < -0.4 is 15.7 Å². The molecular weight excluding hydrogens is 290 g/mol. The summed E-state index contributed by atoms with van der Waals surface area (Å²) >= 11 is 0. The van der Waals surface area contributed by atoms with E-state index < -0.39 is 10.5 Å². The van der Waals surface area contributed by atoms with Crippen LogP contribution in [0.25, 0.3) is 0 Å². The van der Waals surface area contributed by atoms with Crippen molar-refractivity contribution < 1.29 is 9.66 Å². The number of aromatic nitrogens is 2. The summed E-state index contributed by atoms with van der Waals surface area (Å²) in [6.45, 7) is 2.40. The van der Waals surface area contributed by atoms with Crippen molar-refractivity contribution in [3.05, 3.63) is 67.0 Å². The fraction of sp³-hybridized carbons (Fsp3) is 0.286. The summed E-state index contributed by atoms with van der Waals surface area (Å²) in [7, 11) is 0. The van der Waals surface area contributed by atoms with Crippen LogP contribution in [0.3, 0.4) is 0 Å². The summed E-state index contributed by atoms with van der Waals surface area (Å²) in [5, 5.41) is 10.7. The predicted octanol–water partition coefficient (Wildman–Crippen LogP) is 1.28. The monoisotopic (exact) mass is 305 g/mol. The molecule has 0 aliphatic rings. The first kappa shape index (κ1) is 15.5. The van der Waals surface area contributed by atoms with Gasteiger partial charge in [-0.2, -0.15) is 0 Å². The van der Waals surface area contributed by atoms with E-state index in [-0.39, 0.29) is 23.4 Å². The second-order valence-corrected chi connectivity index (χ2v) is 4.65. The first-order valence-corrected chi connectivity index (χ1v) is 6.70. The number of pyridine rings is 2. The molecule has 0 saturated carbocycles. The highest BCUT2D eigenvalue weighted by Crippen LogP contribution is 2.08. The molecule has 0 spiro atoms. The van der Waals surface area contributed by atoms with Crippen LogP contribution in [0.5, 0.6) is 5.75 Å². The first-order chi connectivity index (χ1) is 10.5. The average molecular weight is 305 g/mol. The lowest BCUT2D eigenvalue weighted by Crippen LogP contribution is -2.21. The Morgan fingerprint density at radius 2 is 2.14 bits per heavy atom. The Kier molecular flexibility index (Phi) is 4.72. The minimum absolute atomic E-state index is 0.0316. The van der Waals surface area contributed by atoms with E-state index in [1.807, 2.05) is 6.92 Å². The molecule has 2 heterocycles. The topological polar surface area (TPSA) is 107 Å². The van der Waals surface area contributed by atoms with Crippen LogP contribution in [0.15, 0.2) is 40.2 Å². The first-order valence-electron chi connectivity index (χ1n) is 6.70. The van der Waals surface area contributed by atoms with E-state index in [1.54, 1.807) is 0 Å². The normalized spacial score (nSPS) is 10.4. The van der Waals surface area contributed by atoms with Gasteiger partial charge in [-0.1, -0.05) is 6.92 Å². The minimum atomic E-state index is -0.583. The highest BCUT2D eigenvalue weighted by atomic mass is 16.6. The quantitative estimate of drug-likeness (QED) is 0.639. The highest BCUT2D eigenvalue weighted by molar-refractivity contribution is 5.26. The molecular formula is C14H15N3O5. The molecule has 0 fully saturated rings. The third kappa shape index (κ3) is 3.60. The molecule has 2 rings (SSSR count). The molecule has 116 valence electrons. The van der Waals surface area contributed by atoms with Crippen molar-refractivity contribution in [3.8, 4) is 5.75 Å². The van der Waals surface area contributed by atoms with Gasteiger partial charge in [-0.25, -0.2) is 0 Å². The fourth-order valence-corrected chi connectivity index (χ4v) is 1.85. The summed E-state index contributed by atoms with van der Waals surface area (Å²) in [5.41, 5.74) is -0.431. The molecule has 0 aromatic carbocycles. The van der Waals surface area contributed by atoms with Crippen molar-refractivity contribution in [2.45, 2.75) is 19.9 Å². The lowest BCUT2D eigenvalue weighted by atomic mass is 10.3. The van der Waals surface area contributed by atoms with E-state index in [0.29, 0.717) is 12.3 Å². The maximum Gasteiger partial charge on any atom is 0.285 e. The van der Waals surface area contributed by atoms with Crippen LogP contribution in [-0.2, 0) is 6.54 Å². The van der Waals surface area contributed by atoms with Gasteiger partial charge >= 0.3 is 0 Å².